The number of ether oxygens (including phenoxy) is 1. The highest BCUT2D eigenvalue weighted by molar-refractivity contribution is 5.68. The number of hydrogen-bond acceptors (Lipinski definition) is 3. The molecule has 3 heteroatoms. The summed E-state index contributed by atoms with van der Waals surface area (Å²) in [5.41, 5.74) is 1.72. The van der Waals surface area contributed by atoms with E-state index in [4.69, 9.17) is 4.74 Å². The predicted molar refractivity (Wildman–Crippen MR) is 67.0 cm³/mol. The third-order valence-electron chi connectivity index (χ3n) is 3.59. The highest BCUT2D eigenvalue weighted by Gasteiger charge is 2.35. The van der Waals surface area contributed by atoms with Crippen molar-refractivity contribution >= 4 is 6.29 Å². The van der Waals surface area contributed by atoms with Crippen LogP contribution in [-0.2, 0) is 15.1 Å². The molecule has 1 aromatic carbocycles. The van der Waals surface area contributed by atoms with Gasteiger partial charge in [0, 0.05) is 13.1 Å². The van der Waals surface area contributed by atoms with Gasteiger partial charge >= 0.3 is 0 Å². The van der Waals surface area contributed by atoms with Crippen LogP contribution in [0, 0.1) is 6.92 Å². The van der Waals surface area contributed by atoms with Crippen molar-refractivity contribution in [3.8, 4) is 0 Å². The number of carbonyl (C=O) groups is 1. The van der Waals surface area contributed by atoms with Crippen molar-refractivity contribution in [2.75, 3.05) is 26.3 Å². The maximum absolute atomic E-state index is 11.6. The van der Waals surface area contributed by atoms with Gasteiger partial charge in [0.25, 0.3) is 0 Å². The van der Waals surface area contributed by atoms with Gasteiger partial charge < -0.3 is 9.53 Å². The van der Waals surface area contributed by atoms with Gasteiger partial charge in [-0.15, -0.1) is 0 Å². The Balaban J connectivity index is 2.36. The molecule has 1 fully saturated rings. The first-order valence-corrected chi connectivity index (χ1v) is 6.04. The van der Waals surface area contributed by atoms with E-state index in [-0.39, 0.29) is 0 Å². The zero-order valence-electron chi connectivity index (χ0n) is 10.5. The van der Waals surface area contributed by atoms with Crippen LogP contribution < -0.4 is 0 Å². The SMILES string of the molecule is Cc1ccccc1C(C)(C=O)N1CCOCC1. The van der Waals surface area contributed by atoms with Crippen LogP contribution in [0.5, 0.6) is 0 Å². The van der Waals surface area contributed by atoms with E-state index in [1.807, 2.05) is 25.1 Å². The van der Waals surface area contributed by atoms with E-state index in [0.717, 1.165) is 30.5 Å². The first-order chi connectivity index (χ1) is 8.18. The predicted octanol–water partition coefficient (Wildman–Crippen LogP) is 1.74. The number of aryl methyl sites for hydroxylation is 1. The molecule has 1 aliphatic heterocycles. The van der Waals surface area contributed by atoms with Gasteiger partial charge in [0.1, 0.15) is 6.29 Å². The van der Waals surface area contributed by atoms with Crippen LogP contribution in [-0.4, -0.2) is 37.5 Å². The van der Waals surface area contributed by atoms with Gasteiger partial charge in [0.05, 0.1) is 18.8 Å². The maximum atomic E-state index is 11.6. The molecule has 1 heterocycles. The molecule has 92 valence electrons. The highest BCUT2D eigenvalue weighted by Crippen LogP contribution is 2.29. The topological polar surface area (TPSA) is 29.5 Å². The minimum absolute atomic E-state index is 0.533. The summed E-state index contributed by atoms with van der Waals surface area (Å²) >= 11 is 0. The van der Waals surface area contributed by atoms with Gasteiger partial charge in [-0.3, -0.25) is 4.90 Å². The highest BCUT2D eigenvalue weighted by atomic mass is 16.5. The van der Waals surface area contributed by atoms with Crippen molar-refractivity contribution in [2.24, 2.45) is 0 Å². The van der Waals surface area contributed by atoms with Crippen LogP contribution in [0.1, 0.15) is 18.1 Å². The lowest BCUT2D eigenvalue weighted by Gasteiger charge is -2.40. The van der Waals surface area contributed by atoms with Gasteiger partial charge in [-0.25, -0.2) is 0 Å². The molecule has 0 aliphatic carbocycles. The molecule has 1 aliphatic rings. The van der Waals surface area contributed by atoms with Gasteiger partial charge in [0.2, 0.25) is 0 Å². The summed E-state index contributed by atoms with van der Waals surface area (Å²) in [6.07, 6.45) is 1.06. The molecule has 1 atom stereocenters. The monoisotopic (exact) mass is 233 g/mol. The van der Waals surface area contributed by atoms with E-state index < -0.39 is 5.54 Å². The third-order valence-corrected chi connectivity index (χ3v) is 3.59. The summed E-state index contributed by atoms with van der Waals surface area (Å²) < 4.78 is 5.35. The van der Waals surface area contributed by atoms with Gasteiger partial charge in [-0.05, 0) is 25.0 Å². The van der Waals surface area contributed by atoms with Crippen LogP contribution in [0.15, 0.2) is 24.3 Å². The van der Waals surface area contributed by atoms with Crippen molar-refractivity contribution in [1.29, 1.82) is 0 Å². The Morgan fingerprint density at radius 3 is 2.53 bits per heavy atom. The Morgan fingerprint density at radius 2 is 1.94 bits per heavy atom. The molecule has 3 nitrogen and oxygen atoms in total. The second-order valence-corrected chi connectivity index (χ2v) is 4.68. The van der Waals surface area contributed by atoms with Crippen molar-refractivity contribution in [3.63, 3.8) is 0 Å². The summed E-state index contributed by atoms with van der Waals surface area (Å²) in [4.78, 5) is 13.8. The Bertz CT molecular complexity index is 399. The van der Waals surface area contributed by atoms with Gasteiger partial charge in [-0.2, -0.15) is 0 Å². The molecule has 1 unspecified atom stereocenters. The number of carbonyl (C=O) groups excluding carboxylic acids is 1. The standard InChI is InChI=1S/C14H19NO2/c1-12-5-3-4-6-13(12)14(2,11-16)15-7-9-17-10-8-15/h3-6,11H,7-10H2,1-2H3. The number of morpholine rings is 1. The fourth-order valence-electron chi connectivity index (χ4n) is 2.48. The van der Waals surface area contributed by atoms with Crippen molar-refractivity contribution in [1.82, 2.24) is 4.90 Å². The van der Waals surface area contributed by atoms with Gasteiger partial charge in [0.15, 0.2) is 0 Å². The van der Waals surface area contributed by atoms with E-state index in [2.05, 4.69) is 17.9 Å². The summed E-state index contributed by atoms with van der Waals surface area (Å²) in [7, 11) is 0. The Labute approximate surface area is 102 Å². The smallest absolute Gasteiger partial charge is 0.144 e. The molecule has 0 aromatic heterocycles. The normalized spacial score (nSPS) is 20.8. The summed E-state index contributed by atoms with van der Waals surface area (Å²) in [5.74, 6) is 0. The lowest BCUT2D eigenvalue weighted by molar-refractivity contribution is -0.121. The van der Waals surface area contributed by atoms with Crippen LogP contribution in [0.3, 0.4) is 0 Å². The Morgan fingerprint density at radius 1 is 1.29 bits per heavy atom. The molecule has 2 rings (SSSR count). The lowest BCUT2D eigenvalue weighted by Crippen LogP contribution is -2.51. The van der Waals surface area contributed by atoms with E-state index in [0.29, 0.717) is 13.2 Å². The minimum Gasteiger partial charge on any atom is -0.379 e. The Hall–Kier alpha value is -1.19. The fraction of sp³-hybridized carbons (Fsp3) is 0.500. The number of aldehydes is 1. The number of benzene rings is 1. The quantitative estimate of drug-likeness (QED) is 0.745. The van der Waals surface area contributed by atoms with Crippen molar-refractivity contribution in [2.45, 2.75) is 19.4 Å². The fourth-order valence-corrected chi connectivity index (χ4v) is 2.48. The molecular formula is C14H19NO2. The van der Waals surface area contributed by atoms with Crippen molar-refractivity contribution < 1.29 is 9.53 Å². The molecule has 1 saturated heterocycles. The molecule has 0 amide bonds. The maximum Gasteiger partial charge on any atom is 0.144 e. The summed E-state index contributed by atoms with van der Waals surface area (Å²) in [5, 5.41) is 0. The van der Waals surface area contributed by atoms with E-state index in [1.165, 1.54) is 0 Å². The summed E-state index contributed by atoms with van der Waals surface area (Å²) in [6.45, 7) is 7.07. The van der Waals surface area contributed by atoms with E-state index in [1.54, 1.807) is 0 Å². The average Bonchev–Trinajstić information content (AvgIpc) is 2.39. The second-order valence-electron chi connectivity index (χ2n) is 4.68. The molecule has 17 heavy (non-hydrogen) atoms. The summed E-state index contributed by atoms with van der Waals surface area (Å²) in [6, 6.07) is 8.09. The van der Waals surface area contributed by atoms with Crippen molar-refractivity contribution in [3.05, 3.63) is 35.4 Å². The molecule has 1 aromatic rings. The first kappa shape index (κ1) is 12.3. The average molecular weight is 233 g/mol. The zero-order chi connectivity index (χ0) is 12.3. The van der Waals surface area contributed by atoms with Crippen LogP contribution in [0.2, 0.25) is 0 Å². The van der Waals surface area contributed by atoms with Crippen LogP contribution >= 0.6 is 0 Å². The third kappa shape index (κ3) is 2.26. The first-order valence-electron chi connectivity index (χ1n) is 6.04. The zero-order valence-corrected chi connectivity index (χ0v) is 10.5. The lowest BCUT2D eigenvalue weighted by atomic mass is 9.88. The minimum atomic E-state index is -0.533. The molecular weight excluding hydrogens is 214 g/mol. The largest absolute Gasteiger partial charge is 0.379 e. The number of hydrogen-bond donors (Lipinski definition) is 0. The molecule has 0 N–H and O–H groups in total. The number of rotatable bonds is 3. The van der Waals surface area contributed by atoms with E-state index >= 15 is 0 Å². The number of nitrogens with zero attached hydrogens (tertiary/aromatic N) is 1. The second kappa shape index (κ2) is 4.98. The molecule has 0 radical (unpaired) electrons. The van der Waals surface area contributed by atoms with Gasteiger partial charge in [-0.1, -0.05) is 24.3 Å². The van der Waals surface area contributed by atoms with Crippen LogP contribution in [0.25, 0.3) is 0 Å². The molecule has 0 spiro atoms. The molecule has 0 bridgehead atoms. The van der Waals surface area contributed by atoms with E-state index in [9.17, 15) is 4.79 Å². The Kier molecular flexibility index (Phi) is 3.60. The van der Waals surface area contributed by atoms with Crippen LogP contribution in [0.4, 0.5) is 0 Å². The molecule has 0 saturated carbocycles.